The number of hydrogen-bond donors (Lipinski definition) is 0. The van der Waals surface area contributed by atoms with E-state index >= 15 is 0 Å². The van der Waals surface area contributed by atoms with Crippen molar-refractivity contribution in [3.05, 3.63) is 65.7 Å². The highest BCUT2D eigenvalue weighted by Crippen LogP contribution is 2.42. The Bertz CT molecular complexity index is 785. The molecule has 2 aromatic carbocycles. The fourth-order valence-electron chi connectivity index (χ4n) is 3.69. The largest absolute Gasteiger partial charge is 0.497 e. The molecule has 1 aliphatic heterocycles. The van der Waals surface area contributed by atoms with Crippen LogP contribution >= 0.6 is 0 Å². The SMILES string of the molecule is C=CC1(C)c2cc(OC)c(OC)cc2CCN1Cc1ccc(OC)cc1. The van der Waals surface area contributed by atoms with Gasteiger partial charge in [0, 0.05) is 13.1 Å². The van der Waals surface area contributed by atoms with E-state index in [2.05, 4.69) is 42.7 Å². The summed E-state index contributed by atoms with van der Waals surface area (Å²) >= 11 is 0. The molecule has 1 heterocycles. The van der Waals surface area contributed by atoms with Gasteiger partial charge in [-0.1, -0.05) is 18.2 Å². The Labute approximate surface area is 156 Å². The van der Waals surface area contributed by atoms with E-state index in [1.807, 2.05) is 18.2 Å². The van der Waals surface area contributed by atoms with Gasteiger partial charge in [-0.15, -0.1) is 6.58 Å². The van der Waals surface area contributed by atoms with Crippen molar-refractivity contribution in [2.45, 2.75) is 25.4 Å². The first kappa shape index (κ1) is 18.3. The van der Waals surface area contributed by atoms with Crippen molar-refractivity contribution >= 4 is 0 Å². The quantitative estimate of drug-likeness (QED) is 0.729. The molecule has 0 bridgehead atoms. The zero-order valence-corrected chi connectivity index (χ0v) is 16.0. The Hall–Kier alpha value is -2.46. The number of rotatable bonds is 6. The van der Waals surface area contributed by atoms with E-state index in [0.717, 1.165) is 36.8 Å². The maximum absolute atomic E-state index is 5.53. The third kappa shape index (κ3) is 3.17. The average Bonchev–Trinajstić information content (AvgIpc) is 2.69. The van der Waals surface area contributed by atoms with Gasteiger partial charge in [-0.05, 0) is 54.3 Å². The van der Waals surface area contributed by atoms with Crippen LogP contribution in [0, 0.1) is 0 Å². The van der Waals surface area contributed by atoms with E-state index in [1.54, 1.807) is 21.3 Å². The first-order valence-corrected chi connectivity index (χ1v) is 8.82. The predicted octanol–water partition coefficient (Wildman–Crippen LogP) is 4.17. The van der Waals surface area contributed by atoms with Gasteiger partial charge in [-0.2, -0.15) is 0 Å². The summed E-state index contributed by atoms with van der Waals surface area (Å²) < 4.78 is 16.3. The summed E-state index contributed by atoms with van der Waals surface area (Å²) in [6.45, 7) is 8.16. The minimum absolute atomic E-state index is 0.271. The normalized spacial score (nSPS) is 19.5. The molecule has 0 fully saturated rings. The van der Waals surface area contributed by atoms with Gasteiger partial charge >= 0.3 is 0 Å². The summed E-state index contributed by atoms with van der Waals surface area (Å²) in [7, 11) is 5.04. The van der Waals surface area contributed by atoms with Gasteiger partial charge in [-0.25, -0.2) is 0 Å². The van der Waals surface area contributed by atoms with Crippen LogP contribution in [0.1, 0.15) is 23.6 Å². The fourth-order valence-corrected chi connectivity index (χ4v) is 3.69. The molecule has 0 amide bonds. The van der Waals surface area contributed by atoms with E-state index in [1.165, 1.54) is 16.7 Å². The zero-order valence-electron chi connectivity index (χ0n) is 16.0. The van der Waals surface area contributed by atoms with Crippen molar-refractivity contribution in [2.24, 2.45) is 0 Å². The van der Waals surface area contributed by atoms with Crippen molar-refractivity contribution in [2.75, 3.05) is 27.9 Å². The van der Waals surface area contributed by atoms with Gasteiger partial charge in [0.2, 0.25) is 0 Å². The van der Waals surface area contributed by atoms with Crippen molar-refractivity contribution in [1.82, 2.24) is 4.90 Å². The highest BCUT2D eigenvalue weighted by Gasteiger charge is 2.37. The molecule has 0 N–H and O–H groups in total. The van der Waals surface area contributed by atoms with E-state index in [0.29, 0.717) is 0 Å². The van der Waals surface area contributed by atoms with E-state index < -0.39 is 0 Å². The summed E-state index contributed by atoms with van der Waals surface area (Å²) in [5, 5.41) is 0. The summed E-state index contributed by atoms with van der Waals surface area (Å²) in [6.07, 6.45) is 3.00. The number of methoxy groups -OCH3 is 3. The van der Waals surface area contributed by atoms with Crippen molar-refractivity contribution in [1.29, 1.82) is 0 Å². The number of fused-ring (bicyclic) bond motifs is 1. The second kappa shape index (κ2) is 7.42. The third-order valence-electron chi connectivity index (χ3n) is 5.39. The Morgan fingerprint density at radius 1 is 1.04 bits per heavy atom. The van der Waals surface area contributed by atoms with Crippen LogP contribution in [0.3, 0.4) is 0 Å². The smallest absolute Gasteiger partial charge is 0.161 e. The molecule has 4 nitrogen and oxygen atoms in total. The molecule has 0 saturated carbocycles. The van der Waals surface area contributed by atoms with Crippen LogP contribution in [0.15, 0.2) is 49.1 Å². The Morgan fingerprint density at radius 2 is 1.69 bits per heavy atom. The molecule has 26 heavy (non-hydrogen) atoms. The molecule has 0 spiro atoms. The Morgan fingerprint density at radius 3 is 2.27 bits per heavy atom. The monoisotopic (exact) mass is 353 g/mol. The Balaban J connectivity index is 1.96. The molecule has 1 aliphatic rings. The van der Waals surface area contributed by atoms with Gasteiger partial charge in [0.25, 0.3) is 0 Å². The summed E-state index contributed by atoms with van der Waals surface area (Å²) in [5.41, 5.74) is 3.50. The fraction of sp³-hybridized carbons (Fsp3) is 0.364. The van der Waals surface area contributed by atoms with Crippen LogP contribution in [0.5, 0.6) is 17.2 Å². The topological polar surface area (TPSA) is 30.9 Å². The molecule has 3 rings (SSSR count). The summed E-state index contributed by atoms with van der Waals surface area (Å²) in [6, 6.07) is 12.4. The molecule has 138 valence electrons. The lowest BCUT2D eigenvalue weighted by Crippen LogP contribution is -2.46. The molecule has 1 atom stereocenters. The van der Waals surface area contributed by atoms with Crippen molar-refractivity contribution < 1.29 is 14.2 Å². The van der Waals surface area contributed by atoms with Crippen molar-refractivity contribution in [3.8, 4) is 17.2 Å². The van der Waals surface area contributed by atoms with Crippen LogP contribution < -0.4 is 14.2 Å². The number of nitrogens with zero attached hydrogens (tertiary/aromatic N) is 1. The summed E-state index contributed by atoms with van der Waals surface area (Å²) in [5.74, 6) is 2.41. The van der Waals surface area contributed by atoms with E-state index in [4.69, 9.17) is 14.2 Å². The summed E-state index contributed by atoms with van der Waals surface area (Å²) in [4.78, 5) is 2.45. The molecular formula is C22H27NO3. The van der Waals surface area contributed by atoms with Gasteiger partial charge < -0.3 is 14.2 Å². The van der Waals surface area contributed by atoms with Crippen LogP contribution in [0.4, 0.5) is 0 Å². The van der Waals surface area contributed by atoms with Crippen LogP contribution in [0.25, 0.3) is 0 Å². The predicted molar refractivity (Wildman–Crippen MR) is 104 cm³/mol. The average molecular weight is 353 g/mol. The lowest BCUT2D eigenvalue weighted by molar-refractivity contribution is 0.124. The standard InChI is InChI=1S/C22H27NO3/c1-6-22(2)19-14-21(26-5)20(25-4)13-17(19)11-12-23(22)15-16-7-9-18(24-3)10-8-16/h6-10,13-14H,1,11-12,15H2,2-5H3. The van der Waals surface area contributed by atoms with Gasteiger partial charge in [-0.3, -0.25) is 4.90 Å². The molecule has 0 radical (unpaired) electrons. The van der Waals surface area contributed by atoms with Crippen molar-refractivity contribution in [3.63, 3.8) is 0 Å². The Kier molecular flexibility index (Phi) is 5.23. The maximum Gasteiger partial charge on any atom is 0.161 e. The number of benzene rings is 2. The molecule has 0 saturated heterocycles. The lowest BCUT2D eigenvalue weighted by atomic mass is 9.81. The maximum atomic E-state index is 5.53. The van der Waals surface area contributed by atoms with Gasteiger partial charge in [0.05, 0.1) is 26.9 Å². The highest BCUT2D eigenvalue weighted by atomic mass is 16.5. The number of hydrogen-bond acceptors (Lipinski definition) is 4. The van der Waals surface area contributed by atoms with E-state index in [9.17, 15) is 0 Å². The second-order valence-electron chi connectivity index (χ2n) is 6.74. The molecule has 1 unspecified atom stereocenters. The molecule has 0 aliphatic carbocycles. The second-order valence-corrected chi connectivity index (χ2v) is 6.74. The van der Waals surface area contributed by atoms with Crippen LogP contribution in [0.2, 0.25) is 0 Å². The molecule has 4 heteroatoms. The lowest BCUT2D eigenvalue weighted by Gasteiger charge is -2.44. The first-order chi connectivity index (χ1) is 12.5. The third-order valence-corrected chi connectivity index (χ3v) is 5.39. The number of ether oxygens (including phenoxy) is 3. The van der Waals surface area contributed by atoms with E-state index in [-0.39, 0.29) is 5.54 Å². The molecule has 0 aromatic heterocycles. The molecular weight excluding hydrogens is 326 g/mol. The van der Waals surface area contributed by atoms with Crippen LogP contribution in [-0.2, 0) is 18.5 Å². The highest BCUT2D eigenvalue weighted by molar-refractivity contribution is 5.52. The van der Waals surface area contributed by atoms with Gasteiger partial charge in [0.1, 0.15) is 5.75 Å². The minimum atomic E-state index is -0.271. The first-order valence-electron chi connectivity index (χ1n) is 8.82. The minimum Gasteiger partial charge on any atom is -0.497 e. The van der Waals surface area contributed by atoms with Crippen LogP contribution in [-0.4, -0.2) is 32.8 Å². The molecule has 2 aromatic rings. The van der Waals surface area contributed by atoms with Gasteiger partial charge in [0.15, 0.2) is 11.5 Å². The zero-order chi connectivity index (χ0) is 18.7.